The summed E-state index contributed by atoms with van der Waals surface area (Å²) in [4.78, 5) is 26.1. The van der Waals surface area contributed by atoms with Gasteiger partial charge in [0.2, 0.25) is 5.91 Å². The Labute approximate surface area is 186 Å². The van der Waals surface area contributed by atoms with Crippen molar-refractivity contribution in [3.05, 3.63) is 88.9 Å². The van der Waals surface area contributed by atoms with E-state index in [1.807, 2.05) is 68.4 Å². The first-order valence-corrected chi connectivity index (χ1v) is 10.9. The molecule has 2 N–H and O–H groups in total. The Kier molecular flexibility index (Phi) is 7.55. The fourth-order valence-electron chi connectivity index (χ4n) is 2.90. The highest BCUT2D eigenvalue weighted by Crippen LogP contribution is 2.29. The molecular weight excluding hydrogens is 416 g/mol. The molecule has 1 unspecified atom stereocenters. The molecule has 0 saturated carbocycles. The average molecular weight is 439 g/mol. The number of anilines is 2. The highest BCUT2D eigenvalue weighted by atomic mass is 35.5. The van der Waals surface area contributed by atoms with Gasteiger partial charge in [0.05, 0.1) is 16.0 Å². The van der Waals surface area contributed by atoms with Gasteiger partial charge in [0, 0.05) is 16.1 Å². The first-order valence-electron chi connectivity index (χ1n) is 9.66. The minimum absolute atomic E-state index is 0.107. The number of halogens is 1. The zero-order chi connectivity index (χ0) is 21.5. The van der Waals surface area contributed by atoms with Crippen LogP contribution in [0.5, 0.6) is 0 Å². The molecule has 1 atom stereocenters. The minimum Gasteiger partial charge on any atom is -0.324 e. The molecule has 2 amide bonds. The number of rotatable bonds is 7. The number of aryl methyl sites for hydroxylation is 1. The largest absolute Gasteiger partial charge is 0.324 e. The van der Waals surface area contributed by atoms with E-state index in [0.717, 1.165) is 10.5 Å². The van der Waals surface area contributed by atoms with Crippen molar-refractivity contribution >= 4 is 46.6 Å². The Morgan fingerprint density at radius 1 is 0.967 bits per heavy atom. The number of hydrogen-bond donors (Lipinski definition) is 2. The van der Waals surface area contributed by atoms with Gasteiger partial charge in [-0.25, -0.2) is 0 Å². The van der Waals surface area contributed by atoms with Crippen LogP contribution in [0.2, 0.25) is 5.02 Å². The van der Waals surface area contributed by atoms with E-state index in [0.29, 0.717) is 28.4 Å². The lowest BCUT2D eigenvalue weighted by molar-refractivity contribution is -0.115. The van der Waals surface area contributed by atoms with Gasteiger partial charge in [0.15, 0.2) is 0 Å². The van der Waals surface area contributed by atoms with Gasteiger partial charge in [-0.2, -0.15) is 0 Å². The van der Waals surface area contributed by atoms with Gasteiger partial charge in [-0.05, 0) is 55.8 Å². The smallest absolute Gasteiger partial charge is 0.255 e. The lowest BCUT2D eigenvalue weighted by Gasteiger charge is -2.16. The molecule has 0 aromatic heterocycles. The van der Waals surface area contributed by atoms with Crippen molar-refractivity contribution in [2.75, 3.05) is 10.6 Å². The molecule has 4 nitrogen and oxygen atoms in total. The van der Waals surface area contributed by atoms with Crippen molar-refractivity contribution in [3.8, 4) is 0 Å². The van der Waals surface area contributed by atoms with Crippen molar-refractivity contribution in [2.45, 2.75) is 30.4 Å². The van der Waals surface area contributed by atoms with Crippen LogP contribution in [0.15, 0.2) is 77.7 Å². The summed E-state index contributed by atoms with van der Waals surface area (Å²) < 4.78 is 0. The van der Waals surface area contributed by atoms with E-state index in [-0.39, 0.29) is 17.1 Å². The van der Waals surface area contributed by atoms with Crippen molar-refractivity contribution in [1.29, 1.82) is 0 Å². The normalized spacial score (nSPS) is 11.6. The van der Waals surface area contributed by atoms with Crippen LogP contribution in [0.3, 0.4) is 0 Å². The first kappa shape index (κ1) is 21.9. The van der Waals surface area contributed by atoms with E-state index in [4.69, 9.17) is 11.6 Å². The molecule has 154 valence electrons. The fraction of sp³-hybridized carbons (Fsp3) is 0.167. The van der Waals surface area contributed by atoms with E-state index in [1.54, 1.807) is 18.2 Å². The van der Waals surface area contributed by atoms with Crippen molar-refractivity contribution in [3.63, 3.8) is 0 Å². The molecule has 0 aliphatic rings. The number of para-hydroxylation sites is 1. The van der Waals surface area contributed by atoms with E-state index in [9.17, 15) is 9.59 Å². The molecule has 0 aliphatic carbocycles. The number of carbonyl (C=O) groups excluding carboxylic acids is 2. The number of benzene rings is 3. The number of carbonyl (C=O) groups is 2. The quantitative estimate of drug-likeness (QED) is 0.419. The van der Waals surface area contributed by atoms with E-state index < -0.39 is 0 Å². The van der Waals surface area contributed by atoms with Crippen LogP contribution in [0.4, 0.5) is 11.4 Å². The van der Waals surface area contributed by atoms with Crippen LogP contribution >= 0.6 is 23.4 Å². The van der Waals surface area contributed by atoms with Gasteiger partial charge in [-0.1, -0.05) is 54.4 Å². The molecular formula is C24H23ClN2O2S. The van der Waals surface area contributed by atoms with Crippen LogP contribution in [0.25, 0.3) is 0 Å². The highest BCUT2D eigenvalue weighted by Gasteiger charge is 2.19. The lowest BCUT2D eigenvalue weighted by atomic mass is 10.1. The van der Waals surface area contributed by atoms with Crippen LogP contribution < -0.4 is 10.6 Å². The number of thioether (sulfide) groups is 1. The first-order chi connectivity index (χ1) is 14.5. The van der Waals surface area contributed by atoms with Crippen LogP contribution in [0, 0.1) is 6.92 Å². The van der Waals surface area contributed by atoms with E-state index in [2.05, 4.69) is 10.6 Å². The highest BCUT2D eigenvalue weighted by molar-refractivity contribution is 8.00. The maximum atomic E-state index is 12.7. The van der Waals surface area contributed by atoms with E-state index in [1.165, 1.54) is 11.8 Å². The van der Waals surface area contributed by atoms with Gasteiger partial charge in [-0.15, -0.1) is 11.8 Å². The Balaban J connectivity index is 1.67. The predicted octanol–water partition coefficient (Wildman–Crippen LogP) is 6.41. The maximum Gasteiger partial charge on any atom is 0.255 e. The minimum atomic E-state index is -0.288. The molecule has 0 bridgehead atoms. The fourth-order valence-corrected chi connectivity index (χ4v) is 4.10. The molecule has 0 heterocycles. The SMILES string of the molecule is CCC(Sc1cccc(NC(=O)c2cccc(C)c2)c1)C(=O)Nc1ccccc1Cl. The summed E-state index contributed by atoms with van der Waals surface area (Å²) in [5.74, 6) is -0.269. The lowest BCUT2D eigenvalue weighted by Crippen LogP contribution is -2.24. The number of amides is 2. The van der Waals surface area contributed by atoms with Crippen LogP contribution in [-0.2, 0) is 4.79 Å². The monoisotopic (exact) mass is 438 g/mol. The molecule has 3 aromatic carbocycles. The molecule has 0 aliphatic heterocycles. The van der Waals surface area contributed by atoms with Crippen molar-refractivity contribution in [2.24, 2.45) is 0 Å². The van der Waals surface area contributed by atoms with Gasteiger partial charge in [0.25, 0.3) is 5.91 Å². The summed E-state index contributed by atoms with van der Waals surface area (Å²) in [6, 6.07) is 22.1. The summed E-state index contributed by atoms with van der Waals surface area (Å²) in [5.41, 5.74) is 2.93. The Morgan fingerprint density at radius 3 is 2.47 bits per heavy atom. The number of hydrogen-bond acceptors (Lipinski definition) is 3. The summed E-state index contributed by atoms with van der Waals surface area (Å²) in [7, 11) is 0. The maximum absolute atomic E-state index is 12.7. The molecule has 6 heteroatoms. The third-order valence-corrected chi connectivity index (χ3v) is 6.13. The third kappa shape index (κ3) is 5.88. The standard InChI is InChI=1S/C24H23ClN2O2S/c1-3-22(24(29)27-21-13-5-4-12-20(21)25)30-19-11-7-10-18(15-19)26-23(28)17-9-6-8-16(2)14-17/h4-15,22H,3H2,1-2H3,(H,26,28)(H,27,29). The molecule has 3 rings (SSSR count). The Hall–Kier alpha value is -2.76. The van der Waals surface area contributed by atoms with Crippen LogP contribution in [0.1, 0.15) is 29.3 Å². The topological polar surface area (TPSA) is 58.2 Å². The molecule has 0 fully saturated rings. The summed E-state index contributed by atoms with van der Waals surface area (Å²) >= 11 is 7.60. The molecule has 0 spiro atoms. The summed E-state index contributed by atoms with van der Waals surface area (Å²) in [6.07, 6.45) is 0.654. The molecule has 3 aromatic rings. The predicted molar refractivity (Wildman–Crippen MR) is 126 cm³/mol. The van der Waals surface area contributed by atoms with Gasteiger partial charge >= 0.3 is 0 Å². The van der Waals surface area contributed by atoms with Gasteiger partial charge in [0.1, 0.15) is 0 Å². The summed E-state index contributed by atoms with van der Waals surface area (Å²) in [5, 5.41) is 6.04. The molecule has 0 saturated heterocycles. The second-order valence-electron chi connectivity index (χ2n) is 6.84. The zero-order valence-electron chi connectivity index (χ0n) is 16.8. The van der Waals surface area contributed by atoms with Crippen LogP contribution in [-0.4, -0.2) is 17.1 Å². The van der Waals surface area contributed by atoms with Crippen molar-refractivity contribution < 1.29 is 9.59 Å². The molecule has 0 radical (unpaired) electrons. The van der Waals surface area contributed by atoms with E-state index >= 15 is 0 Å². The molecule has 30 heavy (non-hydrogen) atoms. The van der Waals surface area contributed by atoms with Gasteiger partial charge in [-0.3, -0.25) is 9.59 Å². The average Bonchev–Trinajstić information content (AvgIpc) is 2.74. The van der Waals surface area contributed by atoms with Gasteiger partial charge < -0.3 is 10.6 Å². The number of nitrogens with one attached hydrogen (secondary N) is 2. The summed E-state index contributed by atoms with van der Waals surface area (Å²) in [6.45, 7) is 3.92. The second-order valence-corrected chi connectivity index (χ2v) is 8.52. The zero-order valence-corrected chi connectivity index (χ0v) is 18.4. The Morgan fingerprint density at radius 2 is 1.73 bits per heavy atom. The van der Waals surface area contributed by atoms with Crippen molar-refractivity contribution in [1.82, 2.24) is 0 Å². The third-order valence-electron chi connectivity index (χ3n) is 4.45. The second kappa shape index (κ2) is 10.3. The Bertz CT molecular complexity index is 1050.